The van der Waals surface area contributed by atoms with Crippen LogP contribution in [0.15, 0.2) is 41.2 Å². The summed E-state index contributed by atoms with van der Waals surface area (Å²) in [5.74, 6) is 0.731. The maximum absolute atomic E-state index is 12.6. The van der Waals surface area contributed by atoms with Gasteiger partial charge in [-0.05, 0) is 41.7 Å². The zero-order valence-corrected chi connectivity index (χ0v) is 14.3. The summed E-state index contributed by atoms with van der Waals surface area (Å²) in [6.07, 6.45) is 1.05. The molecule has 2 aliphatic heterocycles. The molecule has 4 rings (SSSR count). The van der Waals surface area contributed by atoms with Gasteiger partial charge in [-0.2, -0.15) is 0 Å². The van der Waals surface area contributed by atoms with Gasteiger partial charge in [0.1, 0.15) is 0 Å². The van der Waals surface area contributed by atoms with Crippen LogP contribution in [-0.4, -0.2) is 28.5 Å². The van der Waals surface area contributed by atoms with E-state index in [-0.39, 0.29) is 17.4 Å². The normalized spacial score (nSPS) is 22.2. The number of fused-ring (bicyclic) bond motifs is 4. The third-order valence-electron chi connectivity index (χ3n) is 5.18. The molecule has 2 atom stereocenters. The number of benzene rings is 1. The molecule has 0 spiro atoms. The summed E-state index contributed by atoms with van der Waals surface area (Å²) in [6, 6.07) is 11.3. The van der Waals surface area contributed by atoms with Crippen LogP contribution in [0, 0.1) is 5.92 Å². The first-order chi connectivity index (χ1) is 11.5. The Morgan fingerprint density at radius 1 is 1.08 bits per heavy atom. The average Bonchev–Trinajstić information content (AvgIpc) is 2.56. The minimum Gasteiger partial charge on any atom is -0.342 e. The van der Waals surface area contributed by atoms with Gasteiger partial charge in [-0.3, -0.25) is 9.59 Å². The number of carbonyl (C=O) groups excluding carboxylic acids is 1. The van der Waals surface area contributed by atoms with E-state index in [0.717, 1.165) is 29.8 Å². The summed E-state index contributed by atoms with van der Waals surface area (Å²) in [4.78, 5) is 26.3. The molecular weight excluding hydrogens is 324 g/mol. The number of rotatable bonds is 1. The lowest BCUT2D eigenvalue weighted by Gasteiger charge is -2.42. The lowest BCUT2D eigenvalue weighted by molar-refractivity contribution is -0.131. The minimum atomic E-state index is 0.0448. The number of hydrogen-bond acceptors (Lipinski definition) is 2. The van der Waals surface area contributed by atoms with Crippen LogP contribution in [0.4, 0.5) is 0 Å². The SMILES string of the molecule is CC(=O)N1C[C@@H]2C[C@H](C1)c1cc(-c3ccc(Cl)cc3)cc(=O)n1C2. The van der Waals surface area contributed by atoms with Crippen LogP contribution in [0.1, 0.15) is 25.0 Å². The molecule has 0 aliphatic carbocycles. The molecule has 1 amide bonds. The van der Waals surface area contributed by atoms with E-state index in [1.807, 2.05) is 33.7 Å². The van der Waals surface area contributed by atoms with Gasteiger partial charge in [0.15, 0.2) is 0 Å². The van der Waals surface area contributed by atoms with Crippen molar-refractivity contribution in [3.63, 3.8) is 0 Å². The lowest BCUT2D eigenvalue weighted by Crippen LogP contribution is -2.48. The second-order valence-electron chi connectivity index (χ2n) is 6.85. The van der Waals surface area contributed by atoms with E-state index >= 15 is 0 Å². The maximum Gasteiger partial charge on any atom is 0.251 e. The molecule has 0 unspecified atom stereocenters. The molecule has 0 N–H and O–H groups in total. The van der Waals surface area contributed by atoms with Crippen LogP contribution in [0.5, 0.6) is 0 Å². The topological polar surface area (TPSA) is 42.3 Å². The second kappa shape index (κ2) is 5.78. The Kier molecular flexibility index (Phi) is 3.72. The fourth-order valence-electron chi connectivity index (χ4n) is 4.03. The van der Waals surface area contributed by atoms with Crippen molar-refractivity contribution in [1.82, 2.24) is 9.47 Å². The molecule has 2 aliphatic rings. The van der Waals surface area contributed by atoms with Crippen molar-refractivity contribution < 1.29 is 4.79 Å². The molecule has 24 heavy (non-hydrogen) atoms. The summed E-state index contributed by atoms with van der Waals surface area (Å²) in [7, 11) is 0. The molecule has 5 heteroatoms. The third kappa shape index (κ3) is 2.65. The lowest BCUT2D eigenvalue weighted by atomic mass is 9.82. The van der Waals surface area contributed by atoms with E-state index in [9.17, 15) is 9.59 Å². The van der Waals surface area contributed by atoms with Crippen LogP contribution in [0.2, 0.25) is 5.02 Å². The van der Waals surface area contributed by atoms with Crippen molar-refractivity contribution in [1.29, 1.82) is 0 Å². The molecule has 1 aromatic heterocycles. The van der Waals surface area contributed by atoms with E-state index < -0.39 is 0 Å². The molecule has 3 heterocycles. The van der Waals surface area contributed by atoms with Crippen molar-refractivity contribution in [2.24, 2.45) is 5.92 Å². The molecule has 1 fully saturated rings. The Labute approximate surface area is 145 Å². The van der Waals surface area contributed by atoms with Gasteiger partial charge in [-0.15, -0.1) is 0 Å². The zero-order valence-electron chi connectivity index (χ0n) is 13.5. The summed E-state index contributed by atoms with van der Waals surface area (Å²) in [5.41, 5.74) is 3.00. The molecule has 1 saturated heterocycles. The van der Waals surface area contributed by atoms with Crippen LogP contribution < -0.4 is 5.56 Å². The van der Waals surface area contributed by atoms with E-state index in [4.69, 9.17) is 11.6 Å². The van der Waals surface area contributed by atoms with E-state index in [0.29, 0.717) is 24.0 Å². The highest BCUT2D eigenvalue weighted by molar-refractivity contribution is 6.30. The van der Waals surface area contributed by atoms with Crippen LogP contribution in [0.25, 0.3) is 11.1 Å². The van der Waals surface area contributed by atoms with E-state index in [2.05, 4.69) is 6.07 Å². The molecule has 124 valence electrons. The van der Waals surface area contributed by atoms with Gasteiger partial charge in [0.25, 0.3) is 5.56 Å². The summed E-state index contributed by atoms with van der Waals surface area (Å²) in [6.45, 7) is 3.79. The molecule has 1 aromatic carbocycles. The number of piperidine rings is 1. The quantitative estimate of drug-likeness (QED) is 0.799. The number of halogens is 1. The Morgan fingerprint density at radius 3 is 2.54 bits per heavy atom. The number of nitrogens with zero attached hydrogens (tertiary/aromatic N) is 2. The van der Waals surface area contributed by atoms with E-state index in [1.165, 1.54) is 0 Å². The number of pyridine rings is 1. The summed E-state index contributed by atoms with van der Waals surface area (Å²) >= 11 is 5.96. The highest BCUT2D eigenvalue weighted by atomic mass is 35.5. The standard InChI is InChI=1S/C19H19ClN2O2/c1-12(23)21-9-13-6-16(11-21)18-7-15(8-19(24)22(18)10-13)14-2-4-17(20)5-3-14/h2-5,7-8,13,16H,6,9-11H2,1H3/t13-,16+/m0/s1. The summed E-state index contributed by atoms with van der Waals surface area (Å²) < 4.78 is 1.90. The van der Waals surface area contributed by atoms with Crippen molar-refractivity contribution in [2.75, 3.05) is 13.1 Å². The number of amides is 1. The number of likely N-dealkylation sites (tertiary alicyclic amines) is 1. The van der Waals surface area contributed by atoms with Gasteiger partial charge < -0.3 is 9.47 Å². The number of carbonyl (C=O) groups is 1. The molecule has 2 bridgehead atoms. The maximum atomic E-state index is 12.6. The number of hydrogen-bond donors (Lipinski definition) is 0. The fraction of sp³-hybridized carbons (Fsp3) is 0.368. The first-order valence-electron chi connectivity index (χ1n) is 8.27. The van der Waals surface area contributed by atoms with Gasteiger partial charge in [0.05, 0.1) is 0 Å². The highest BCUT2D eigenvalue weighted by Crippen LogP contribution is 2.36. The van der Waals surface area contributed by atoms with Gasteiger partial charge >= 0.3 is 0 Å². The van der Waals surface area contributed by atoms with Crippen molar-refractivity contribution in [3.8, 4) is 11.1 Å². The van der Waals surface area contributed by atoms with Crippen LogP contribution in [0.3, 0.4) is 0 Å². The zero-order chi connectivity index (χ0) is 16.8. The Bertz CT molecular complexity index is 857. The van der Waals surface area contributed by atoms with Crippen LogP contribution >= 0.6 is 11.6 Å². The Balaban J connectivity index is 1.77. The van der Waals surface area contributed by atoms with Gasteiger partial charge in [-0.25, -0.2) is 0 Å². The van der Waals surface area contributed by atoms with Crippen molar-refractivity contribution in [2.45, 2.75) is 25.8 Å². The predicted octanol–water partition coefficient (Wildman–Crippen LogP) is 3.13. The third-order valence-corrected chi connectivity index (χ3v) is 5.43. The second-order valence-corrected chi connectivity index (χ2v) is 7.28. The monoisotopic (exact) mass is 342 g/mol. The molecule has 4 nitrogen and oxygen atoms in total. The van der Waals surface area contributed by atoms with Gasteiger partial charge in [0.2, 0.25) is 5.91 Å². The fourth-order valence-corrected chi connectivity index (χ4v) is 4.15. The van der Waals surface area contributed by atoms with Crippen LogP contribution in [-0.2, 0) is 11.3 Å². The van der Waals surface area contributed by atoms with Crippen molar-refractivity contribution >= 4 is 17.5 Å². The molecular formula is C19H19ClN2O2. The molecule has 2 aromatic rings. The van der Waals surface area contributed by atoms with Gasteiger partial charge in [0, 0.05) is 49.3 Å². The van der Waals surface area contributed by atoms with E-state index in [1.54, 1.807) is 13.0 Å². The predicted molar refractivity (Wildman–Crippen MR) is 94.3 cm³/mol. The Morgan fingerprint density at radius 2 is 1.83 bits per heavy atom. The smallest absolute Gasteiger partial charge is 0.251 e. The first kappa shape index (κ1) is 15.5. The van der Waals surface area contributed by atoms with Gasteiger partial charge in [-0.1, -0.05) is 23.7 Å². The molecule has 0 saturated carbocycles. The number of aromatic nitrogens is 1. The Hall–Kier alpha value is -2.07. The molecule has 0 radical (unpaired) electrons. The first-order valence-corrected chi connectivity index (χ1v) is 8.65. The largest absolute Gasteiger partial charge is 0.342 e. The summed E-state index contributed by atoms with van der Waals surface area (Å²) in [5, 5.41) is 0.681. The van der Waals surface area contributed by atoms with Crippen molar-refractivity contribution in [3.05, 3.63) is 57.5 Å². The minimum absolute atomic E-state index is 0.0448. The highest BCUT2D eigenvalue weighted by Gasteiger charge is 2.35. The average molecular weight is 343 g/mol.